The van der Waals surface area contributed by atoms with Gasteiger partial charge >= 0.3 is 8.10 Å². The third-order valence-electron chi connectivity index (χ3n) is 6.59. The van der Waals surface area contributed by atoms with Crippen LogP contribution in [0.2, 0.25) is 0 Å². The van der Waals surface area contributed by atoms with Crippen LogP contribution in [-0.4, -0.2) is 21.4 Å². The third kappa shape index (κ3) is 4.47. The average molecular weight is 446 g/mol. The lowest BCUT2D eigenvalue weighted by molar-refractivity contribution is 0.173. The van der Waals surface area contributed by atoms with Crippen LogP contribution in [0.3, 0.4) is 0 Å². The zero-order chi connectivity index (χ0) is 23.3. The predicted octanol–water partition coefficient (Wildman–Crippen LogP) is 7.50. The second-order valence-corrected chi connectivity index (χ2v) is 9.69. The van der Waals surface area contributed by atoms with Crippen LogP contribution in [0.5, 0.6) is 0 Å². The lowest BCUT2D eigenvalue weighted by Crippen LogP contribution is -2.46. The Morgan fingerprint density at radius 2 is 1.00 bits per heavy atom. The van der Waals surface area contributed by atoms with Crippen LogP contribution in [-0.2, 0) is 4.57 Å². The van der Waals surface area contributed by atoms with Crippen molar-refractivity contribution in [2.75, 3.05) is 0 Å². The van der Waals surface area contributed by atoms with Crippen molar-refractivity contribution in [3.05, 3.63) is 122 Å². The first-order valence-corrected chi connectivity index (χ1v) is 12.3. The van der Waals surface area contributed by atoms with E-state index >= 15 is 0 Å². The molecule has 1 fully saturated rings. The summed E-state index contributed by atoms with van der Waals surface area (Å²) in [6, 6.07) is 20.2. The molecule has 2 aromatic rings. The fraction of sp³-hybridized carbons (Fsp3) is 0.286. The molecule has 4 atom stereocenters. The molecule has 0 aliphatic carbocycles. The molecule has 0 N–H and O–H groups in total. The Balaban J connectivity index is 2.18. The highest BCUT2D eigenvalue weighted by atomic mass is 31.1. The molecule has 0 spiro atoms. The summed E-state index contributed by atoms with van der Waals surface area (Å²) in [6.07, 6.45) is 7.66. The quantitative estimate of drug-likeness (QED) is 0.279. The molecule has 32 heavy (non-hydrogen) atoms. The second-order valence-electron chi connectivity index (χ2n) is 8.26. The summed E-state index contributed by atoms with van der Waals surface area (Å²) < 4.78 is 18.6. The van der Waals surface area contributed by atoms with Gasteiger partial charge in [0.15, 0.2) is 0 Å². The molecule has 1 aliphatic heterocycles. The minimum absolute atomic E-state index is 0.0412. The molecular formula is C28H34N2OP+. The monoisotopic (exact) mass is 445 g/mol. The molecule has 0 amide bonds. The van der Waals surface area contributed by atoms with E-state index < -0.39 is 8.10 Å². The summed E-state index contributed by atoms with van der Waals surface area (Å²) in [5.74, 6) is -0.0824. The molecule has 4 heteroatoms. The van der Waals surface area contributed by atoms with E-state index in [2.05, 4.69) is 73.8 Å². The molecule has 1 saturated heterocycles. The highest BCUT2D eigenvalue weighted by Crippen LogP contribution is 2.57. The van der Waals surface area contributed by atoms with E-state index in [1.165, 1.54) is 0 Å². The molecule has 1 aliphatic rings. The molecule has 0 radical (unpaired) electrons. The number of hydrogen-bond acceptors (Lipinski definition) is 1. The van der Waals surface area contributed by atoms with Gasteiger partial charge in [-0.2, -0.15) is 0 Å². The first-order valence-electron chi connectivity index (χ1n) is 11.1. The Kier molecular flexibility index (Phi) is 8.15. The zero-order valence-corrected chi connectivity index (χ0v) is 20.0. The molecule has 3 nitrogen and oxygen atoms in total. The Labute approximate surface area is 194 Å². The van der Waals surface area contributed by atoms with Crippen molar-refractivity contribution in [1.29, 1.82) is 0 Å². The minimum Gasteiger partial charge on any atom is -0.102 e. The van der Waals surface area contributed by atoms with Gasteiger partial charge in [0, 0.05) is 11.8 Å². The van der Waals surface area contributed by atoms with E-state index in [0.29, 0.717) is 0 Å². The van der Waals surface area contributed by atoms with Crippen molar-refractivity contribution >= 4 is 8.10 Å². The van der Waals surface area contributed by atoms with Crippen LogP contribution in [0.25, 0.3) is 0 Å². The summed E-state index contributed by atoms with van der Waals surface area (Å²) in [6.45, 7) is 20.6. The summed E-state index contributed by atoms with van der Waals surface area (Å²) in [4.78, 5) is 0. The van der Waals surface area contributed by atoms with Crippen LogP contribution in [0.15, 0.2) is 111 Å². The molecule has 0 bridgehead atoms. The van der Waals surface area contributed by atoms with Crippen LogP contribution >= 0.6 is 8.10 Å². The highest BCUT2D eigenvalue weighted by molar-refractivity contribution is 7.39. The molecule has 2 aromatic carbocycles. The molecule has 0 unspecified atom stereocenters. The third-order valence-corrected chi connectivity index (χ3v) is 8.61. The van der Waals surface area contributed by atoms with Crippen molar-refractivity contribution in [1.82, 2.24) is 9.34 Å². The number of nitrogens with zero attached hydrogens (tertiary/aromatic N) is 2. The molecule has 0 saturated carbocycles. The van der Waals surface area contributed by atoms with E-state index in [0.717, 1.165) is 11.1 Å². The van der Waals surface area contributed by atoms with Crippen molar-refractivity contribution in [3.63, 3.8) is 0 Å². The topological polar surface area (TPSA) is 23.6 Å². The number of benzene rings is 2. The van der Waals surface area contributed by atoms with Gasteiger partial charge in [-0.05, 0) is 29.5 Å². The van der Waals surface area contributed by atoms with Gasteiger partial charge in [0.2, 0.25) is 0 Å². The molecule has 1 heterocycles. The first-order chi connectivity index (χ1) is 15.5. The van der Waals surface area contributed by atoms with Crippen molar-refractivity contribution < 1.29 is 4.57 Å². The summed E-state index contributed by atoms with van der Waals surface area (Å²) in [5.41, 5.74) is 2.27. The maximum absolute atomic E-state index is 14.3. The molecule has 3 rings (SSSR count). The second kappa shape index (κ2) is 10.8. The Hall–Kier alpha value is -2.58. The number of rotatable bonds is 10. The smallest absolute Gasteiger partial charge is 0.102 e. The fourth-order valence-corrected chi connectivity index (χ4v) is 6.94. The van der Waals surface area contributed by atoms with Gasteiger partial charge in [0.05, 0.1) is 24.2 Å². The van der Waals surface area contributed by atoms with E-state index in [1.807, 2.05) is 60.7 Å². The normalized spacial score (nSPS) is 21.4. The molecular weight excluding hydrogens is 411 g/mol. The lowest BCUT2D eigenvalue weighted by Gasteiger charge is -2.32. The molecule has 166 valence electrons. The van der Waals surface area contributed by atoms with E-state index in [9.17, 15) is 4.57 Å². The Morgan fingerprint density at radius 3 is 1.28 bits per heavy atom. The van der Waals surface area contributed by atoms with Gasteiger partial charge in [-0.3, -0.25) is 0 Å². The van der Waals surface area contributed by atoms with E-state index in [-0.39, 0.29) is 36.0 Å². The van der Waals surface area contributed by atoms with Crippen molar-refractivity contribution in [3.8, 4) is 0 Å². The van der Waals surface area contributed by atoms with Crippen LogP contribution in [0.4, 0.5) is 0 Å². The predicted molar refractivity (Wildman–Crippen MR) is 136 cm³/mol. The maximum Gasteiger partial charge on any atom is 0.539 e. The summed E-state index contributed by atoms with van der Waals surface area (Å²) in [5, 5.41) is 0. The van der Waals surface area contributed by atoms with E-state index in [1.54, 1.807) is 0 Å². The van der Waals surface area contributed by atoms with Crippen molar-refractivity contribution in [2.24, 2.45) is 11.8 Å². The Morgan fingerprint density at radius 1 is 0.688 bits per heavy atom. The highest BCUT2D eigenvalue weighted by Gasteiger charge is 2.63. The summed E-state index contributed by atoms with van der Waals surface area (Å²) >= 11 is 0. The van der Waals surface area contributed by atoms with Gasteiger partial charge in [-0.15, -0.1) is 26.3 Å². The van der Waals surface area contributed by atoms with Gasteiger partial charge in [0.25, 0.3) is 0 Å². The largest absolute Gasteiger partial charge is 0.539 e. The number of hydrogen-bond donors (Lipinski definition) is 0. The molecule has 0 aromatic heterocycles. The Bertz CT molecular complexity index is 864. The van der Waals surface area contributed by atoms with Crippen LogP contribution in [0.1, 0.15) is 37.1 Å². The minimum atomic E-state index is -1.86. The van der Waals surface area contributed by atoms with E-state index in [4.69, 9.17) is 0 Å². The van der Waals surface area contributed by atoms with Crippen molar-refractivity contribution in [2.45, 2.75) is 38.0 Å². The fourth-order valence-electron chi connectivity index (χ4n) is 4.80. The SMILES string of the molecule is C=CC(C=C)[C@@H]1[C@@H](C(C=C)C=C)N([C@@H](C)c2ccccc2)[P+](=O)N1[C@@H](C)c1ccccc1. The average Bonchev–Trinajstić information content (AvgIpc) is 3.13. The lowest BCUT2D eigenvalue weighted by atomic mass is 9.83. The van der Waals surface area contributed by atoms with Gasteiger partial charge in [0.1, 0.15) is 0 Å². The van der Waals surface area contributed by atoms with Gasteiger partial charge in [-0.25, -0.2) is 0 Å². The van der Waals surface area contributed by atoms with Gasteiger partial charge < -0.3 is 0 Å². The standard InChI is InChI=1S/C28H34N2OP/c1-7-23(8-2)27-28(24(9-3)10-4)30(22(6)26-19-15-12-16-20-26)32(31)29(27)21(5)25-17-13-11-14-18-25/h7-24,27-28H,1-4H2,5-6H3/q+1/t21-,22-,27+,28+/m0/s1. The van der Waals surface area contributed by atoms with Gasteiger partial charge in [-0.1, -0.05) is 94.3 Å². The maximum atomic E-state index is 14.3. The summed E-state index contributed by atoms with van der Waals surface area (Å²) in [7, 11) is -1.86. The first kappa shape index (κ1) is 24.1. The zero-order valence-electron chi connectivity index (χ0n) is 19.1. The van der Waals surface area contributed by atoms with Crippen LogP contribution < -0.4 is 0 Å². The van der Waals surface area contributed by atoms with Crippen LogP contribution in [0, 0.1) is 11.8 Å².